The van der Waals surface area contributed by atoms with Crippen LogP contribution in [0.3, 0.4) is 0 Å². The number of ether oxygens (including phenoxy) is 1. The molecular weight excluding hydrogens is 544 g/mol. The number of amides is 3. The standard InChI is InChI=1S/C30H34N4O8/c1-31-22-12-13-26(36)33-14-6-11-24(34(33)29(22)40)28(39)32-23(17-27(37)38)25(35)18-42-30(41)21-10-5-9-20(16-21)15-19-7-3-2-4-8-19/h2-5,7-10,16,22-24,31H,6,11-15,17-18H2,1H3,(H,32,39)(H,37,38). The van der Waals surface area contributed by atoms with Crippen LogP contribution in [0.5, 0.6) is 0 Å². The van der Waals surface area contributed by atoms with Gasteiger partial charge in [0.25, 0.3) is 5.91 Å². The molecule has 12 heteroatoms. The summed E-state index contributed by atoms with van der Waals surface area (Å²) in [6, 6.07) is 13.1. The number of hydrogen-bond donors (Lipinski definition) is 3. The molecule has 2 aromatic carbocycles. The van der Waals surface area contributed by atoms with Crippen molar-refractivity contribution < 1.29 is 38.6 Å². The summed E-state index contributed by atoms with van der Waals surface area (Å²) in [7, 11) is 1.59. The minimum atomic E-state index is -1.51. The Hall–Kier alpha value is -4.58. The number of hydrogen-bond acceptors (Lipinski definition) is 8. The smallest absolute Gasteiger partial charge is 0.338 e. The third-order valence-electron chi connectivity index (χ3n) is 7.36. The molecule has 3 amide bonds. The van der Waals surface area contributed by atoms with E-state index in [1.165, 1.54) is 5.01 Å². The average molecular weight is 579 g/mol. The molecule has 0 aliphatic carbocycles. The van der Waals surface area contributed by atoms with Crippen molar-refractivity contribution in [3.05, 3.63) is 71.3 Å². The molecule has 2 aliphatic heterocycles. The minimum Gasteiger partial charge on any atom is -0.481 e. The maximum atomic E-state index is 13.3. The highest BCUT2D eigenvalue weighted by Gasteiger charge is 2.44. The van der Waals surface area contributed by atoms with E-state index < -0.39 is 60.7 Å². The number of carboxylic acids is 1. The Morgan fingerprint density at radius 3 is 2.48 bits per heavy atom. The van der Waals surface area contributed by atoms with Crippen molar-refractivity contribution in [1.82, 2.24) is 20.7 Å². The van der Waals surface area contributed by atoms with E-state index in [9.17, 15) is 33.9 Å². The lowest BCUT2D eigenvalue weighted by molar-refractivity contribution is -0.176. The Morgan fingerprint density at radius 2 is 1.76 bits per heavy atom. The van der Waals surface area contributed by atoms with Gasteiger partial charge in [-0.15, -0.1) is 0 Å². The van der Waals surface area contributed by atoms with Gasteiger partial charge in [-0.3, -0.25) is 29.0 Å². The summed E-state index contributed by atoms with van der Waals surface area (Å²) in [6.07, 6.45) is 0.902. The van der Waals surface area contributed by atoms with Gasteiger partial charge in [0.1, 0.15) is 12.1 Å². The van der Waals surface area contributed by atoms with Gasteiger partial charge in [0.15, 0.2) is 12.4 Å². The highest BCUT2D eigenvalue weighted by atomic mass is 16.5. The van der Waals surface area contributed by atoms with Crippen LogP contribution < -0.4 is 10.6 Å². The van der Waals surface area contributed by atoms with E-state index in [1.807, 2.05) is 36.4 Å². The van der Waals surface area contributed by atoms with Gasteiger partial charge in [-0.1, -0.05) is 42.5 Å². The molecule has 222 valence electrons. The lowest BCUT2D eigenvalue weighted by atomic mass is 10.0. The molecule has 12 nitrogen and oxygen atoms in total. The van der Waals surface area contributed by atoms with Crippen molar-refractivity contribution in [2.45, 2.75) is 56.7 Å². The monoisotopic (exact) mass is 578 g/mol. The SMILES string of the molecule is CNC1CCC(=O)N2CCCC(C(=O)NC(CC(=O)O)C(=O)COC(=O)c3cccc(Cc4ccccc4)c3)N2C1=O. The van der Waals surface area contributed by atoms with E-state index in [4.69, 9.17) is 4.74 Å². The van der Waals surface area contributed by atoms with E-state index >= 15 is 0 Å². The number of ketones is 1. The average Bonchev–Trinajstić information content (AvgIpc) is 3.11. The number of benzene rings is 2. The zero-order chi connectivity index (χ0) is 30.2. The van der Waals surface area contributed by atoms with Crippen LogP contribution in [-0.4, -0.2) is 88.9 Å². The number of nitrogens with one attached hydrogen (secondary N) is 2. The summed E-state index contributed by atoms with van der Waals surface area (Å²) in [4.78, 5) is 76.4. The molecule has 2 saturated heterocycles. The van der Waals surface area contributed by atoms with E-state index in [0.29, 0.717) is 12.8 Å². The van der Waals surface area contributed by atoms with E-state index in [-0.39, 0.29) is 37.3 Å². The first-order valence-electron chi connectivity index (χ1n) is 13.8. The van der Waals surface area contributed by atoms with Gasteiger partial charge in [-0.25, -0.2) is 9.80 Å². The normalized spacial score (nSPS) is 19.4. The Kier molecular flexibility index (Phi) is 10.0. The number of esters is 1. The van der Waals surface area contributed by atoms with Gasteiger partial charge in [-0.05, 0) is 56.0 Å². The summed E-state index contributed by atoms with van der Waals surface area (Å²) < 4.78 is 5.19. The molecule has 2 fully saturated rings. The number of carbonyl (C=O) groups is 6. The second-order valence-corrected chi connectivity index (χ2v) is 10.3. The number of rotatable bonds is 11. The van der Waals surface area contributed by atoms with Crippen LogP contribution in [0.4, 0.5) is 0 Å². The van der Waals surface area contributed by atoms with Crippen molar-refractivity contribution in [2.75, 3.05) is 20.2 Å². The van der Waals surface area contributed by atoms with Gasteiger partial charge in [0.2, 0.25) is 11.8 Å². The fourth-order valence-electron chi connectivity index (χ4n) is 5.19. The Morgan fingerprint density at radius 1 is 1.02 bits per heavy atom. The molecule has 0 spiro atoms. The Labute approximate surface area is 243 Å². The molecule has 0 bridgehead atoms. The van der Waals surface area contributed by atoms with Gasteiger partial charge < -0.3 is 20.5 Å². The van der Waals surface area contributed by atoms with Crippen LogP contribution in [0.25, 0.3) is 0 Å². The molecule has 0 aromatic heterocycles. The Balaban J connectivity index is 1.41. The highest BCUT2D eigenvalue weighted by molar-refractivity contribution is 5.98. The first-order chi connectivity index (χ1) is 20.2. The molecule has 2 heterocycles. The maximum Gasteiger partial charge on any atom is 0.338 e. The number of Topliss-reactive ketones (excluding diaryl/α,β-unsaturated/α-hetero) is 1. The molecule has 2 aliphatic rings. The first kappa shape index (κ1) is 30.4. The van der Waals surface area contributed by atoms with Gasteiger partial charge >= 0.3 is 11.9 Å². The molecule has 3 N–H and O–H groups in total. The number of fused-ring (bicyclic) bond motifs is 1. The fraction of sp³-hybridized carbons (Fsp3) is 0.400. The van der Waals surface area contributed by atoms with E-state index in [2.05, 4.69) is 10.6 Å². The topological polar surface area (TPSA) is 162 Å². The molecule has 3 unspecified atom stereocenters. The van der Waals surface area contributed by atoms with Crippen LogP contribution in [0.2, 0.25) is 0 Å². The van der Waals surface area contributed by atoms with Gasteiger partial charge in [0, 0.05) is 13.0 Å². The van der Waals surface area contributed by atoms with Gasteiger partial charge in [0.05, 0.1) is 18.0 Å². The second-order valence-electron chi connectivity index (χ2n) is 10.3. The summed E-state index contributed by atoms with van der Waals surface area (Å²) in [5, 5.41) is 17.1. The summed E-state index contributed by atoms with van der Waals surface area (Å²) in [5.74, 6) is -4.46. The molecule has 0 saturated carbocycles. The van der Waals surface area contributed by atoms with E-state index in [0.717, 1.165) is 16.1 Å². The van der Waals surface area contributed by atoms with Crippen LogP contribution in [0.15, 0.2) is 54.6 Å². The second kappa shape index (κ2) is 13.9. The van der Waals surface area contributed by atoms with Crippen LogP contribution >= 0.6 is 0 Å². The van der Waals surface area contributed by atoms with Crippen molar-refractivity contribution in [3.8, 4) is 0 Å². The fourth-order valence-corrected chi connectivity index (χ4v) is 5.19. The quantitative estimate of drug-likeness (QED) is 0.331. The highest BCUT2D eigenvalue weighted by Crippen LogP contribution is 2.25. The zero-order valence-corrected chi connectivity index (χ0v) is 23.3. The number of aliphatic carboxylic acids is 1. The van der Waals surface area contributed by atoms with Crippen molar-refractivity contribution >= 4 is 35.4 Å². The Bertz CT molecular complexity index is 1350. The number of carboxylic acid groups (broad SMARTS) is 1. The zero-order valence-electron chi connectivity index (χ0n) is 23.3. The largest absolute Gasteiger partial charge is 0.481 e. The van der Waals surface area contributed by atoms with Gasteiger partial charge in [-0.2, -0.15) is 0 Å². The predicted molar refractivity (Wildman–Crippen MR) is 149 cm³/mol. The molecule has 2 aromatic rings. The summed E-state index contributed by atoms with van der Waals surface area (Å²) in [5.41, 5.74) is 2.14. The van der Waals surface area contributed by atoms with Crippen molar-refractivity contribution in [3.63, 3.8) is 0 Å². The van der Waals surface area contributed by atoms with E-state index in [1.54, 1.807) is 25.2 Å². The first-order valence-corrected chi connectivity index (χ1v) is 13.8. The molecule has 4 rings (SSSR count). The summed E-state index contributed by atoms with van der Waals surface area (Å²) in [6.45, 7) is -0.496. The van der Waals surface area contributed by atoms with Crippen LogP contribution in [-0.2, 0) is 35.1 Å². The predicted octanol–water partition coefficient (Wildman–Crippen LogP) is 1.08. The molecule has 0 radical (unpaired) electrons. The van der Waals surface area contributed by atoms with Crippen LogP contribution in [0, 0.1) is 0 Å². The third kappa shape index (κ3) is 7.38. The lowest BCUT2D eigenvalue weighted by Gasteiger charge is -2.43. The number of likely N-dealkylation sites (N-methyl/N-ethyl adjacent to an activating group) is 1. The maximum absolute atomic E-state index is 13.3. The number of hydrazine groups is 1. The molecule has 3 atom stereocenters. The van der Waals surface area contributed by atoms with Crippen molar-refractivity contribution in [1.29, 1.82) is 0 Å². The summed E-state index contributed by atoms with van der Waals surface area (Å²) >= 11 is 0. The number of nitrogens with zero attached hydrogens (tertiary/aromatic N) is 2. The van der Waals surface area contributed by atoms with Crippen LogP contribution in [0.1, 0.15) is 53.6 Å². The molecular formula is C30H34N4O8. The van der Waals surface area contributed by atoms with Crippen molar-refractivity contribution in [2.24, 2.45) is 0 Å². The molecule has 42 heavy (non-hydrogen) atoms. The number of carbonyl (C=O) groups excluding carboxylic acids is 5. The minimum absolute atomic E-state index is 0.128. The third-order valence-corrected chi connectivity index (χ3v) is 7.36. The lowest BCUT2D eigenvalue weighted by Crippen LogP contribution is -2.64.